The van der Waals surface area contributed by atoms with Crippen molar-refractivity contribution in [3.05, 3.63) is 107 Å². The Balaban J connectivity index is 0.000000287. The molecule has 0 fully saturated rings. The van der Waals surface area contributed by atoms with Gasteiger partial charge in [0.05, 0.1) is 11.4 Å². The van der Waals surface area contributed by atoms with E-state index in [1.54, 1.807) is 31.4 Å². The average Bonchev–Trinajstić information content (AvgIpc) is 2.87. The van der Waals surface area contributed by atoms with E-state index in [1.165, 1.54) is 19.2 Å². The fraction of sp³-hybridized carbons (Fsp3) is 0.286. The highest BCUT2D eigenvalue weighted by atomic mass is 19.1. The zero-order valence-corrected chi connectivity index (χ0v) is 20.0. The van der Waals surface area contributed by atoms with Gasteiger partial charge in [0.15, 0.2) is 0 Å². The van der Waals surface area contributed by atoms with Gasteiger partial charge in [0.2, 0.25) is 0 Å². The highest BCUT2D eigenvalue weighted by Crippen LogP contribution is 2.14. The van der Waals surface area contributed by atoms with Gasteiger partial charge in [-0.15, -0.1) is 0 Å². The molecule has 0 aromatic heterocycles. The zero-order chi connectivity index (χ0) is 24.6. The molecule has 0 bridgehead atoms. The molecule has 3 aromatic rings. The van der Waals surface area contributed by atoms with Gasteiger partial charge in [0.25, 0.3) is 0 Å². The Kier molecular flexibility index (Phi) is 12.0. The lowest BCUT2D eigenvalue weighted by molar-refractivity contribution is 0.211. The first-order valence-corrected chi connectivity index (χ1v) is 11.3. The van der Waals surface area contributed by atoms with Gasteiger partial charge in [0.1, 0.15) is 25.9 Å². The molecule has 0 amide bonds. The summed E-state index contributed by atoms with van der Waals surface area (Å²) in [4.78, 5) is 9.58. The van der Waals surface area contributed by atoms with E-state index in [9.17, 15) is 8.78 Å². The Morgan fingerprint density at radius 3 is 1.59 bits per heavy atom. The maximum Gasteiger partial charge on any atom is 0.126 e. The molecule has 0 saturated carbocycles. The van der Waals surface area contributed by atoms with Crippen LogP contribution in [0.1, 0.15) is 42.9 Å². The van der Waals surface area contributed by atoms with Gasteiger partial charge in [-0.25, -0.2) is 8.78 Å². The van der Waals surface area contributed by atoms with Gasteiger partial charge < -0.3 is 9.68 Å². The molecule has 4 nitrogen and oxygen atoms in total. The van der Waals surface area contributed by atoms with Crippen molar-refractivity contribution in [2.75, 3.05) is 14.2 Å². The molecule has 0 aliphatic rings. The lowest BCUT2D eigenvalue weighted by Crippen LogP contribution is -2.05. The van der Waals surface area contributed by atoms with Crippen molar-refractivity contribution in [3.8, 4) is 0 Å². The second-order valence-corrected chi connectivity index (χ2v) is 7.46. The van der Waals surface area contributed by atoms with Crippen LogP contribution < -0.4 is 0 Å². The molecule has 0 heterocycles. The molecule has 0 N–H and O–H groups in total. The fourth-order valence-electron chi connectivity index (χ4n) is 3.37. The van der Waals surface area contributed by atoms with Crippen LogP contribution in [-0.2, 0) is 22.5 Å². The van der Waals surface area contributed by atoms with Gasteiger partial charge >= 0.3 is 0 Å². The fourth-order valence-corrected chi connectivity index (χ4v) is 3.37. The highest BCUT2D eigenvalue weighted by Gasteiger charge is 2.08. The third-order valence-corrected chi connectivity index (χ3v) is 5.15. The van der Waals surface area contributed by atoms with Crippen molar-refractivity contribution in [1.29, 1.82) is 0 Å². The Morgan fingerprint density at radius 1 is 0.676 bits per heavy atom. The zero-order valence-electron chi connectivity index (χ0n) is 20.0. The quantitative estimate of drug-likeness (QED) is 0.239. The lowest BCUT2D eigenvalue weighted by atomic mass is 10.0. The molecular weight excluding hydrogens is 434 g/mol. The number of benzene rings is 3. The van der Waals surface area contributed by atoms with E-state index in [1.807, 2.05) is 42.5 Å². The molecule has 0 unspecified atom stereocenters. The number of nitrogens with zero attached hydrogens (tertiary/aromatic N) is 2. The van der Waals surface area contributed by atoms with E-state index in [4.69, 9.17) is 9.68 Å². The largest absolute Gasteiger partial charge is 0.399 e. The molecule has 6 heteroatoms. The van der Waals surface area contributed by atoms with Crippen LogP contribution >= 0.6 is 0 Å². The summed E-state index contributed by atoms with van der Waals surface area (Å²) in [6.07, 6.45) is 3.16. The van der Waals surface area contributed by atoms with Crippen molar-refractivity contribution < 1.29 is 18.5 Å². The van der Waals surface area contributed by atoms with E-state index in [0.29, 0.717) is 36.8 Å². The molecular formula is C28H32F2N2O2. The molecule has 3 rings (SSSR count). The first-order chi connectivity index (χ1) is 16.6. The van der Waals surface area contributed by atoms with E-state index in [2.05, 4.69) is 17.2 Å². The number of halogens is 2. The topological polar surface area (TPSA) is 43.2 Å². The maximum absolute atomic E-state index is 13.6. The molecule has 3 aromatic carbocycles. The third-order valence-electron chi connectivity index (χ3n) is 5.15. The van der Waals surface area contributed by atoms with Crippen molar-refractivity contribution >= 4 is 11.4 Å². The second kappa shape index (κ2) is 15.3. The van der Waals surface area contributed by atoms with Gasteiger partial charge in [-0.2, -0.15) is 0 Å². The van der Waals surface area contributed by atoms with Crippen LogP contribution in [0, 0.1) is 11.6 Å². The molecule has 0 aliphatic heterocycles. The van der Waals surface area contributed by atoms with Gasteiger partial charge in [-0.05, 0) is 60.9 Å². The Bertz CT molecular complexity index is 1000. The third kappa shape index (κ3) is 9.14. The van der Waals surface area contributed by atoms with Crippen molar-refractivity contribution in [3.63, 3.8) is 0 Å². The minimum absolute atomic E-state index is 0.214. The standard InChI is InChI=1S/C18H19F2NO.C10H13NO/c1-22-21-16(12-10-14-6-2-4-8-17(14)19)13-11-15-7-3-5-9-18(15)20;1-3-10(11-12-2)9-7-5-4-6-8-9/h2-9H,10-13H2,1H3;4-8H,3H2,1-2H3. The van der Waals surface area contributed by atoms with Crippen LogP contribution in [0.4, 0.5) is 8.78 Å². The van der Waals surface area contributed by atoms with E-state index in [-0.39, 0.29) is 11.6 Å². The summed E-state index contributed by atoms with van der Waals surface area (Å²) in [7, 11) is 3.05. The SMILES string of the molecule is CCC(=NOC)c1ccccc1.CON=C(CCc1ccccc1F)CCc1ccccc1F. The Labute approximate surface area is 200 Å². The predicted molar refractivity (Wildman–Crippen MR) is 134 cm³/mol. The van der Waals surface area contributed by atoms with Gasteiger partial charge in [-0.3, -0.25) is 0 Å². The summed E-state index contributed by atoms with van der Waals surface area (Å²) < 4.78 is 27.2. The first kappa shape index (κ1) is 26.7. The number of hydrogen-bond acceptors (Lipinski definition) is 4. The molecule has 0 aliphatic carbocycles. The monoisotopic (exact) mass is 466 g/mol. The van der Waals surface area contributed by atoms with Crippen molar-refractivity contribution in [2.24, 2.45) is 10.3 Å². The van der Waals surface area contributed by atoms with E-state index < -0.39 is 0 Å². The number of rotatable bonds is 10. The molecule has 34 heavy (non-hydrogen) atoms. The first-order valence-electron chi connectivity index (χ1n) is 11.3. The van der Waals surface area contributed by atoms with Crippen molar-refractivity contribution in [1.82, 2.24) is 0 Å². The minimum Gasteiger partial charge on any atom is -0.399 e. The minimum atomic E-state index is -0.214. The molecule has 0 atom stereocenters. The van der Waals surface area contributed by atoms with Crippen LogP contribution in [0.3, 0.4) is 0 Å². The number of hydrogen-bond donors (Lipinski definition) is 0. The average molecular weight is 467 g/mol. The van der Waals surface area contributed by atoms with Gasteiger partial charge in [0, 0.05) is 0 Å². The maximum atomic E-state index is 13.6. The molecule has 0 spiro atoms. The summed E-state index contributed by atoms with van der Waals surface area (Å²) >= 11 is 0. The molecule has 0 saturated heterocycles. The summed E-state index contributed by atoms with van der Waals surface area (Å²) in [5.74, 6) is -0.429. The number of oxime groups is 2. The summed E-state index contributed by atoms with van der Waals surface area (Å²) in [6.45, 7) is 2.06. The molecule has 0 radical (unpaired) electrons. The summed E-state index contributed by atoms with van der Waals surface area (Å²) in [5.41, 5.74) is 4.21. The van der Waals surface area contributed by atoms with Crippen molar-refractivity contribution in [2.45, 2.75) is 39.0 Å². The van der Waals surface area contributed by atoms with Crippen LogP contribution in [0.15, 0.2) is 89.2 Å². The van der Waals surface area contributed by atoms with Crippen LogP contribution in [-0.4, -0.2) is 25.6 Å². The Morgan fingerprint density at radius 2 is 1.15 bits per heavy atom. The second-order valence-electron chi connectivity index (χ2n) is 7.46. The molecule has 180 valence electrons. The highest BCUT2D eigenvalue weighted by molar-refractivity contribution is 5.99. The van der Waals surface area contributed by atoms with E-state index >= 15 is 0 Å². The van der Waals surface area contributed by atoms with E-state index in [0.717, 1.165) is 23.4 Å². The van der Waals surface area contributed by atoms with Crippen LogP contribution in [0.5, 0.6) is 0 Å². The van der Waals surface area contributed by atoms with Gasteiger partial charge in [-0.1, -0.05) is 84.0 Å². The lowest BCUT2D eigenvalue weighted by Gasteiger charge is -2.07. The summed E-state index contributed by atoms with van der Waals surface area (Å²) in [5, 5.41) is 7.91. The normalized spacial score (nSPS) is 10.7. The van der Waals surface area contributed by atoms with Crippen LogP contribution in [0.2, 0.25) is 0 Å². The smallest absolute Gasteiger partial charge is 0.126 e. The predicted octanol–water partition coefficient (Wildman–Crippen LogP) is 6.98. The summed E-state index contributed by atoms with van der Waals surface area (Å²) in [6, 6.07) is 23.4. The Hall–Kier alpha value is -3.54. The number of aryl methyl sites for hydroxylation is 2. The van der Waals surface area contributed by atoms with Crippen LogP contribution in [0.25, 0.3) is 0 Å².